The summed E-state index contributed by atoms with van der Waals surface area (Å²) in [6, 6.07) is 6.48. The Morgan fingerprint density at radius 2 is 1.96 bits per heavy atom. The van der Waals surface area contributed by atoms with Crippen molar-refractivity contribution in [3.05, 3.63) is 40.6 Å². The zero-order chi connectivity index (χ0) is 17.3. The molecule has 1 aliphatic heterocycles. The molecule has 0 unspecified atom stereocenters. The van der Waals surface area contributed by atoms with Crippen molar-refractivity contribution in [1.29, 1.82) is 0 Å². The van der Waals surface area contributed by atoms with Crippen LogP contribution in [0.1, 0.15) is 12.7 Å². The number of nitrogens with zero attached hydrogens (tertiary/aromatic N) is 4. The summed E-state index contributed by atoms with van der Waals surface area (Å²) in [7, 11) is 1.56. The molecule has 1 aromatic carbocycles. The zero-order valence-electron chi connectivity index (χ0n) is 13.3. The van der Waals surface area contributed by atoms with Crippen molar-refractivity contribution >= 4 is 17.7 Å². The molecule has 0 atom stereocenters. The standard InChI is InChI=1S/C15H16N4O5/c1-3-24-13(20)9-18-14(21)16-12-8-17(15(22)19(12)18)10-4-6-11(23-2)7-5-10/h4-7H,3,8-9H2,1-2H3. The van der Waals surface area contributed by atoms with Crippen LogP contribution in [0.25, 0.3) is 0 Å². The predicted molar refractivity (Wildman–Crippen MR) is 83.1 cm³/mol. The Morgan fingerprint density at radius 1 is 1.25 bits per heavy atom. The summed E-state index contributed by atoms with van der Waals surface area (Å²) in [6.07, 6.45) is 0. The Labute approximate surface area is 137 Å². The highest BCUT2D eigenvalue weighted by Crippen LogP contribution is 2.25. The lowest BCUT2D eigenvalue weighted by molar-refractivity contribution is -0.144. The molecular weight excluding hydrogens is 316 g/mol. The molecule has 3 rings (SSSR count). The maximum Gasteiger partial charge on any atom is 0.365 e. The van der Waals surface area contributed by atoms with E-state index in [4.69, 9.17) is 9.47 Å². The number of carbonyl (C=O) groups excluding carboxylic acids is 2. The minimum absolute atomic E-state index is 0.149. The van der Waals surface area contributed by atoms with Gasteiger partial charge < -0.3 is 9.47 Å². The molecule has 126 valence electrons. The summed E-state index contributed by atoms with van der Waals surface area (Å²) in [6.45, 7) is 1.65. The number of hydrogen-bond donors (Lipinski definition) is 0. The van der Waals surface area contributed by atoms with Gasteiger partial charge in [-0.1, -0.05) is 0 Å². The second-order valence-electron chi connectivity index (χ2n) is 5.05. The van der Waals surface area contributed by atoms with E-state index in [1.54, 1.807) is 38.3 Å². The highest BCUT2D eigenvalue weighted by Gasteiger charge is 2.33. The van der Waals surface area contributed by atoms with E-state index in [0.29, 0.717) is 11.4 Å². The molecule has 9 nitrogen and oxygen atoms in total. The second-order valence-corrected chi connectivity index (χ2v) is 5.05. The van der Waals surface area contributed by atoms with Gasteiger partial charge in [0.1, 0.15) is 12.3 Å². The Bertz CT molecular complexity index is 837. The zero-order valence-corrected chi connectivity index (χ0v) is 13.3. The van der Waals surface area contributed by atoms with Crippen molar-refractivity contribution in [1.82, 2.24) is 14.3 Å². The summed E-state index contributed by atoms with van der Waals surface area (Å²) in [5, 5.41) is 0. The normalized spacial score (nSPS) is 13.1. The Morgan fingerprint density at radius 3 is 2.58 bits per heavy atom. The third kappa shape index (κ3) is 2.64. The molecule has 0 aliphatic carbocycles. The second kappa shape index (κ2) is 6.19. The van der Waals surface area contributed by atoms with Crippen LogP contribution in [-0.2, 0) is 22.6 Å². The molecule has 0 saturated carbocycles. The molecular formula is C15H16N4O5. The van der Waals surface area contributed by atoms with E-state index in [1.807, 2.05) is 0 Å². The number of hydrogen-bond acceptors (Lipinski definition) is 6. The van der Waals surface area contributed by atoms with Crippen LogP contribution in [0.2, 0.25) is 0 Å². The van der Waals surface area contributed by atoms with Crippen molar-refractivity contribution in [2.45, 2.75) is 20.0 Å². The Hall–Kier alpha value is -3.10. The lowest BCUT2D eigenvalue weighted by Crippen LogP contribution is -2.35. The van der Waals surface area contributed by atoms with E-state index in [1.165, 1.54) is 4.90 Å². The minimum atomic E-state index is -0.652. The molecule has 9 heteroatoms. The number of rotatable bonds is 5. The Balaban J connectivity index is 1.89. The molecule has 2 aromatic rings. The third-order valence-electron chi connectivity index (χ3n) is 3.61. The summed E-state index contributed by atoms with van der Waals surface area (Å²) >= 11 is 0. The maximum absolute atomic E-state index is 12.6. The van der Waals surface area contributed by atoms with E-state index in [-0.39, 0.29) is 25.5 Å². The highest BCUT2D eigenvalue weighted by molar-refractivity contribution is 5.95. The van der Waals surface area contributed by atoms with Gasteiger partial charge in [-0.3, -0.25) is 9.69 Å². The fourth-order valence-electron chi connectivity index (χ4n) is 2.51. The first-order valence-electron chi connectivity index (χ1n) is 7.35. The molecule has 1 amide bonds. The van der Waals surface area contributed by atoms with Crippen LogP contribution in [0.15, 0.2) is 29.1 Å². The Kier molecular flexibility index (Phi) is 4.07. The number of fused-ring (bicyclic) bond motifs is 1. The maximum atomic E-state index is 12.6. The van der Waals surface area contributed by atoms with E-state index in [2.05, 4.69) is 4.98 Å². The molecule has 2 heterocycles. The highest BCUT2D eigenvalue weighted by atomic mass is 16.5. The largest absolute Gasteiger partial charge is 0.497 e. The number of carbonyl (C=O) groups is 2. The van der Waals surface area contributed by atoms with Gasteiger partial charge in [0.25, 0.3) is 0 Å². The van der Waals surface area contributed by atoms with Gasteiger partial charge in [0.2, 0.25) is 0 Å². The number of benzene rings is 1. The topological polar surface area (TPSA) is 95.7 Å². The lowest BCUT2D eigenvalue weighted by Gasteiger charge is -2.16. The van der Waals surface area contributed by atoms with Gasteiger partial charge in [-0.05, 0) is 31.2 Å². The molecule has 1 aliphatic rings. The SMILES string of the molecule is CCOC(=O)Cn1c(=O)nc2n1C(=O)N(c1ccc(OC)cc1)C2. The van der Waals surface area contributed by atoms with Gasteiger partial charge in [0, 0.05) is 5.69 Å². The van der Waals surface area contributed by atoms with Crippen molar-refractivity contribution < 1.29 is 19.1 Å². The van der Waals surface area contributed by atoms with Crippen LogP contribution in [0.4, 0.5) is 10.5 Å². The van der Waals surface area contributed by atoms with Gasteiger partial charge in [-0.15, -0.1) is 0 Å². The van der Waals surface area contributed by atoms with Gasteiger partial charge >= 0.3 is 17.7 Å². The molecule has 0 spiro atoms. The first-order chi connectivity index (χ1) is 11.5. The molecule has 0 bridgehead atoms. The fourth-order valence-corrected chi connectivity index (χ4v) is 2.51. The fraction of sp³-hybridized carbons (Fsp3) is 0.333. The van der Waals surface area contributed by atoms with Crippen LogP contribution in [0.3, 0.4) is 0 Å². The predicted octanol–water partition coefficient (Wildman–Crippen LogP) is 0.605. The van der Waals surface area contributed by atoms with Crippen LogP contribution in [0.5, 0.6) is 5.75 Å². The van der Waals surface area contributed by atoms with Crippen molar-refractivity contribution in [2.75, 3.05) is 18.6 Å². The van der Waals surface area contributed by atoms with Gasteiger partial charge in [-0.2, -0.15) is 9.67 Å². The first kappa shape index (κ1) is 15.8. The molecule has 0 saturated heterocycles. The third-order valence-corrected chi connectivity index (χ3v) is 3.61. The van der Waals surface area contributed by atoms with Gasteiger partial charge in [0.05, 0.1) is 20.3 Å². The van der Waals surface area contributed by atoms with Crippen LogP contribution >= 0.6 is 0 Å². The monoisotopic (exact) mass is 332 g/mol. The summed E-state index contributed by atoms with van der Waals surface area (Å²) in [5.41, 5.74) is -0.0118. The number of ether oxygens (including phenoxy) is 2. The van der Waals surface area contributed by atoms with Crippen molar-refractivity contribution in [2.24, 2.45) is 0 Å². The van der Waals surface area contributed by atoms with E-state index in [9.17, 15) is 14.4 Å². The number of methoxy groups -OCH3 is 1. The van der Waals surface area contributed by atoms with Gasteiger partial charge in [-0.25, -0.2) is 14.3 Å². The van der Waals surface area contributed by atoms with E-state index in [0.717, 1.165) is 9.36 Å². The van der Waals surface area contributed by atoms with Crippen molar-refractivity contribution in [3.8, 4) is 5.75 Å². The van der Waals surface area contributed by atoms with Gasteiger partial charge in [0.15, 0.2) is 5.82 Å². The number of anilines is 1. The summed E-state index contributed by atoms with van der Waals surface area (Å²) in [5.74, 6) is 0.352. The van der Waals surface area contributed by atoms with E-state index >= 15 is 0 Å². The van der Waals surface area contributed by atoms with Crippen LogP contribution in [-0.4, -0.2) is 40.1 Å². The van der Waals surface area contributed by atoms with Crippen LogP contribution < -0.4 is 15.3 Å². The van der Waals surface area contributed by atoms with Crippen LogP contribution in [0, 0.1) is 0 Å². The average Bonchev–Trinajstić information content (AvgIpc) is 3.05. The summed E-state index contributed by atoms with van der Waals surface area (Å²) < 4.78 is 12.0. The number of esters is 1. The quantitative estimate of drug-likeness (QED) is 0.744. The minimum Gasteiger partial charge on any atom is -0.497 e. The number of aromatic nitrogens is 3. The molecule has 0 fully saturated rings. The first-order valence-corrected chi connectivity index (χ1v) is 7.35. The molecule has 0 N–H and O–H groups in total. The average molecular weight is 332 g/mol. The molecule has 1 aromatic heterocycles. The number of amides is 1. The van der Waals surface area contributed by atoms with E-state index < -0.39 is 17.7 Å². The molecule has 0 radical (unpaired) electrons. The summed E-state index contributed by atoms with van der Waals surface area (Å²) in [4.78, 5) is 41.5. The smallest absolute Gasteiger partial charge is 0.365 e. The van der Waals surface area contributed by atoms with Crippen molar-refractivity contribution in [3.63, 3.8) is 0 Å². The molecule has 24 heavy (non-hydrogen) atoms. The lowest BCUT2D eigenvalue weighted by atomic mass is 10.3.